The average Bonchev–Trinajstić information content (AvgIpc) is 2.85. The molecule has 2 rings (SSSR count). The van der Waals surface area contributed by atoms with E-state index in [9.17, 15) is 4.79 Å². The summed E-state index contributed by atoms with van der Waals surface area (Å²) in [5.74, 6) is 0.339. The van der Waals surface area contributed by atoms with Crippen molar-refractivity contribution in [3.8, 4) is 0 Å². The fraction of sp³-hybridized carbons (Fsp3) is 0.692. The summed E-state index contributed by atoms with van der Waals surface area (Å²) in [6.07, 6.45) is 2.59. The Hall–Kier alpha value is -1.14. The minimum atomic E-state index is -0.222. The number of carbonyl (C=O) groups excluding carboxylic acids is 1. The number of hydrogen-bond donors (Lipinski definition) is 1. The number of nitrogens with zero attached hydrogens (tertiary/aromatic N) is 1. The van der Waals surface area contributed by atoms with Crippen LogP contribution in [0.1, 0.15) is 25.5 Å². The van der Waals surface area contributed by atoms with Gasteiger partial charge in [0.05, 0.1) is 25.3 Å². The highest BCUT2D eigenvalue weighted by Crippen LogP contribution is 2.19. The molecule has 0 amide bonds. The van der Waals surface area contributed by atoms with E-state index in [1.54, 1.807) is 6.92 Å². The van der Waals surface area contributed by atoms with Gasteiger partial charge in [0.1, 0.15) is 0 Å². The van der Waals surface area contributed by atoms with Crippen LogP contribution in [-0.4, -0.2) is 37.3 Å². The minimum absolute atomic E-state index is 0.222. The van der Waals surface area contributed by atoms with E-state index in [4.69, 9.17) is 9.47 Å². The summed E-state index contributed by atoms with van der Waals surface area (Å²) in [5, 5.41) is 6.08. The predicted octanol–water partition coefficient (Wildman–Crippen LogP) is 2.09. The number of aromatic nitrogens is 1. The van der Waals surface area contributed by atoms with Crippen molar-refractivity contribution >= 4 is 22.4 Å². The Labute approximate surface area is 117 Å². The Kier molecular flexibility index (Phi) is 5.60. The second-order valence-corrected chi connectivity index (χ2v) is 5.45. The normalized spacial score (nSPS) is 19.1. The number of ether oxygens (including phenoxy) is 2. The molecule has 0 radical (unpaired) electrons. The van der Waals surface area contributed by atoms with Gasteiger partial charge in [0.2, 0.25) is 0 Å². The van der Waals surface area contributed by atoms with Crippen LogP contribution in [0.25, 0.3) is 0 Å². The summed E-state index contributed by atoms with van der Waals surface area (Å²) in [6, 6.07) is 0. The maximum atomic E-state index is 11.3. The maximum absolute atomic E-state index is 11.3. The van der Waals surface area contributed by atoms with E-state index in [1.165, 1.54) is 17.8 Å². The predicted molar refractivity (Wildman–Crippen MR) is 74.5 cm³/mol. The Morgan fingerprint density at radius 1 is 1.68 bits per heavy atom. The molecular weight excluding hydrogens is 264 g/mol. The maximum Gasteiger partial charge on any atom is 0.311 e. The molecule has 0 saturated carbocycles. The molecule has 1 unspecified atom stereocenters. The molecule has 0 bridgehead atoms. The zero-order valence-corrected chi connectivity index (χ0v) is 12.0. The number of esters is 1. The second-order valence-electron chi connectivity index (χ2n) is 4.59. The molecule has 1 aromatic heterocycles. The summed E-state index contributed by atoms with van der Waals surface area (Å²) >= 11 is 1.53. The lowest BCUT2D eigenvalue weighted by molar-refractivity contribution is -0.142. The van der Waals surface area contributed by atoms with Gasteiger partial charge in [-0.05, 0) is 25.7 Å². The van der Waals surface area contributed by atoms with Crippen LogP contribution in [0.2, 0.25) is 0 Å². The van der Waals surface area contributed by atoms with Crippen LogP contribution in [0.3, 0.4) is 0 Å². The zero-order valence-electron chi connectivity index (χ0n) is 11.2. The van der Waals surface area contributed by atoms with Gasteiger partial charge >= 0.3 is 5.97 Å². The molecule has 1 fully saturated rings. The van der Waals surface area contributed by atoms with Crippen LogP contribution < -0.4 is 5.32 Å². The average molecular weight is 284 g/mol. The van der Waals surface area contributed by atoms with Gasteiger partial charge in [-0.15, -0.1) is 11.3 Å². The first kappa shape index (κ1) is 14.3. The van der Waals surface area contributed by atoms with E-state index in [1.807, 2.05) is 5.38 Å². The molecule has 0 aliphatic carbocycles. The van der Waals surface area contributed by atoms with Gasteiger partial charge in [-0.2, -0.15) is 0 Å². The molecule has 0 aromatic carbocycles. The van der Waals surface area contributed by atoms with Crippen molar-refractivity contribution in [2.75, 3.05) is 31.7 Å². The molecular formula is C13H20N2O3S. The lowest BCUT2D eigenvalue weighted by atomic mass is 10.0. The van der Waals surface area contributed by atoms with Gasteiger partial charge in [0, 0.05) is 18.5 Å². The fourth-order valence-electron chi connectivity index (χ4n) is 2.03. The van der Waals surface area contributed by atoms with Crippen molar-refractivity contribution < 1.29 is 14.3 Å². The number of anilines is 1. The van der Waals surface area contributed by atoms with E-state index in [-0.39, 0.29) is 12.4 Å². The zero-order chi connectivity index (χ0) is 13.5. The van der Waals surface area contributed by atoms with E-state index < -0.39 is 0 Å². The van der Waals surface area contributed by atoms with Gasteiger partial charge in [0.15, 0.2) is 5.13 Å². The minimum Gasteiger partial charge on any atom is -0.466 e. The van der Waals surface area contributed by atoms with E-state index in [2.05, 4.69) is 10.3 Å². The van der Waals surface area contributed by atoms with Gasteiger partial charge in [-0.3, -0.25) is 4.79 Å². The lowest BCUT2D eigenvalue weighted by Crippen LogP contribution is -2.24. The molecule has 106 valence electrons. The van der Waals surface area contributed by atoms with E-state index >= 15 is 0 Å². The van der Waals surface area contributed by atoms with Crippen LogP contribution in [0.15, 0.2) is 5.38 Å². The quantitative estimate of drug-likeness (QED) is 0.811. The summed E-state index contributed by atoms with van der Waals surface area (Å²) in [4.78, 5) is 15.7. The Morgan fingerprint density at radius 3 is 3.32 bits per heavy atom. The first-order chi connectivity index (χ1) is 9.28. The highest BCUT2D eigenvalue weighted by molar-refractivity contribution is 7.13. The Balaban J connectivity index is 1.75. The molecule has 0 spiro atoms. The Bertz CT molecular complexity index is 402. The van der Waals surface area contributed by atoms with E-state index in [0.717, 1.165) is 37.0 Å². The third-order valence-corrected chi connectivity index (χ3v) is 3.83. The van der Waals surface area contributed by atoms with Crippen molar-refractivity contribution in [1.82, 2.24) is 4.98 Å². The molecule has 1 aliphatic heterocycles. The SMILES string of the molecule is CCOC(=O)Cc1csc(NCC2CCCOC2)n1. The first-order valence-corrected chi connectivity index (χ1v) is 7.57. The molecule has 1 aliphatic rings. The second kappa shape index (κ2) is 7.45. The van der Waals surface area contributed by atoms with Crippen molar-refractivity contribution in [3.63, 3.8) is 0 Å². The van der Waals surface area contributed by atoms with Crippen LogP contribution in [0.4, 0.5) is 5.13 Å². The molecule has 6 heteroatoms. The topological polar surface area (TPSA) is 60.5 Å². The molecule has 19 heavy (non-hydrogen) atoms. The number of hydrogen-bond acceptors (Lipinski definition) is 6. The molecule has 2 heterocycles. The summed E-state index contributed by atoms with van der Waals surface area (Å²) in [6.45, 7) is 4.81. The smallest absolute Gasteiger partial charge is 0.311 e. The highest BCUT2D eigenvalue weighted by Gasteiger charge is 2.14. The standard InChI is InChI=1S/C13H20N2O3S/c1-2-18-12(16)6-11-9-19-13(15-11)14-7-10-4-3-5-17-8-10/h9-10H,2-8H2,1H3,(H,14,15). The summed E-state index contributed by atoms with van der Waals surface area (Å²) in [5.41, 5.74) is 0.769. The van der Waals surface area contributed by atoms with Crippen molar-refractivity contribution in [3.05, 3.63) is 11.1 Å². The number of rotatable bonds is 6. The molecule has 1 saturated heterocycles. The largest absolute Gasteiger partial charge is 0.466 e. The third-order valence-electron chi connectivity index (χ3n) is 2.98. The van der Waals surface area contributed by atoms with Crippen molar-refractivity contribution in [1.29, 1.82) is 0 Å². The van der Waals surface area contributed by atoms with Crippen molar-refractivity contribution in [2.45, 2.75) is 26.2 Å². The van der Waals surface area contributed by atoms with Crippen LogP contribution >= 0.6 is 11.3 Å². The Morgan fingerprint density at radius 2 is 2.58 bits per heavy atom. The number of thiazole rings is 1. The van der Waals surface area contributed by atoms with E-state index in [0.29, 0.717) is 12.5 Å². The van der Waals surface area contributed by atoms with Gasteiger partial charge in [0.25, 0.3) is 0 Å². The monoisotopic (exact) mass is 284 g/mol. The number of carbonyl (C=O) groups is 1. The van der Waals surface area contributed by atoms with Crippen LogP contribution in [0.5, 0.6) is 0 Å². The third kappa shape index (κ3) is 4.80. The lowest BCUT2D eigenvalue weighted by Gasteiger charge is -2.21. The van der Waals surface area contributed by atoms with Gasteiger partial charge in [-0.25, -0.2) is 4.98 Å². The highest BCUT2D eigenvalue weighted by atomic mass is 32.1. The summed E-state index contributed by atoms with van der Waals surface area (Å²) in [7, 11) is 0. The van der Waals surface area contributed by atoms with Crippen molar-refractivity contribution in [2.24, 2.45) is 5.92 Å². The molecule has 5 nitrogen and oxygen atoms in total. The molecule has 1 N–H and O–H groups in total. The van der Waals surface area contributed by atoms with Crippen LogP contribution in [-0.2, 0) is 20.7 Å². The fourth-order valence-corrected chi connectivity index (χ4v) is 2.75. The van der Waals surface area contributed by atoms with Gasteiger partial charge < -0.3 is 14.8 Å². The van der Waals surface area contributed by atoms with Gasteiger partial charge in [-0.1, -0.05) is 0 Å². The first-order valence-electron chi connectivity index (χ1n) is 6.69. The molecule has 1 aromatic rings. The molecule has 1 atom stereocenters. The summed E-state index contributed by atoms with van der Waals surface area (Å²) < 4.78 is 10.3. The van der Waals surface area contributed by atoms with Crippen LogP contribution in [0, 0.1) is 5.92 Å². The number of nitrogens with one attached hydrogen (secondary N) is 1.